The minimum absolute atomic E-state index is 0.776. The summed E-state index contributed by atoms with van der Waals surface area (Å²) in [7, 11) is 1.71. The first-order valence-corrected chi connectivity index (χ1v) is 7.16. The van der Waals surface area contributed by atoms with E-state index in [-0.39, 0.29) is 0 Å². The molecule has 0 aliphatic rings. The lowest BCUT2D eigenvalue weighted by Gasteiger charge is -2.19. The molecule has 0 fully saturated rings. The van der Waals surface area contributed by atoms with Crippen molar-refractivity contribution in [2.24, 2.45) is 0 Å². The van der Waals surface area contributed by atoms with E-state index >= 15 is 0 Å². The maximum absolute atomic E-state index is 5.49. The number of nitrogens with zero attached hydrogens (tertiary/aromatic N) is 1. The van der Waals surface area contributed by atoms with Crippen molar-refractivity contribution in [3.63, 3.8) is 0 Å². The van der Waals surface area contributed by atoms with Crippen molar-refractivity contribution < 1.29 is 4.74 Å². The smallest absolute Gasteiger partial charge is 0.123 e. The molecule has 0 saturated heterocycles. The van der Waals surface area contributed by atoms with E-state index in [1.807, 2.05) is 18.2 Å². The summed E-state index contributed by atoms with van der Waals surface area (Å²) in [5.41, 5.74) is 2.38. The van der Waals surface area contributed by atoms with Crippen LogP contribution in [0.1, 0.15) is 11.1 Å². The minimum atomic E-state index is 0.776. The first kappa shape index (κ1) is 17.2. The molecule has 0 radical (unpaired) electrons. The highest BCUT2D eigenvalue weighted by Gasteiger charge is 2.07. The van der Waals surface area contributed by atoms with E-state index in [1.54, 1.807) is 7.11 Å². The van der Waals surface area contributed by atoms with Crippen LogP contribution in [0.5, 0.6) is 5.75 Å². The molecule has 0 aromatic heterocycles. The minimum Gasteiger partial charge on any atom is -0.496 e. The fourth-order valence-corrected chi connectivity index (χ4v) is 2.17. The van der Waals surface area contributed by atoms with Crippen molar-refractivity contribution in [1.29, 1.82) is 0 Å². The van der Waals surface area contributed by atoms with E-state index in [2.05, 4.69) is 48.2 Å². The normalized spacial score (nSPS) is 10.4. The Kier molecular flexibility index (Phi) is 8.17. The fraction of sp³-hybridized carbons (Fsp3) is 0.333. The average Bonchev–Trinajstić information content (AvgIpc) is 2.49. The lowest BCUT2D eigenvalue weighted by Crippen LogP contribution is -2.23. The molecule has 0 bridgehead atoms. The zero-order valence-corrected chi connectivity index (χ0v) is 13.0. The Bertz CT molecular complexity index is 458. The van der Waals surface area contributed by atoms with Crippen LogP contribution in [-0.4, -0.2) is 31.6 Å². The molecule has 0 aliphatic carbocycles. The quantitative estimate of drug-likeness (QED) is 0.499. The van der Waals surface area contributed by atoms with Gasteiger partial charge in [-0.15, -0.1) is 19.7 Å². The topological polar surface area (TPSA) is 24.5 Å². The molecule has 0 amide bonds. The van der Waals surface area contributed by atoms with Crippen molar-refractivity contribution in [2.75, 3.05) is 26.7 Å². The van der Waals surface area contributed by atoms with Gasteiger partial charge in [0.05, 0.1) is 7.11 Å². The second kappa shape index (κ2) is 9.97. The van der Waals surface area contributed by atoms with Gasteiger partial charge in [0.1, 0.15) is 5.75 Å². The zero-order chi connectivity index (χ0) is 15.5. The third-order valence-electron chi connectivity index (χ3n) is 3.14. The highest BCUT2D eigenvalue weighted by Crippen LogP contribution is 2.21. The Labute approximate surface area is 128 Å². The van der Waals surface area contributed by atoms with Crippen LogP contribution in [-0.2, 0) is 13.1 Å². The molecule has 0 heterocycles. The Hall–Kier alpha value is -1.84. The number of benzene rings is 1. The molecule has 0 spiro atoms. The number of methoxy groups -OCH3 is 1. The molecule has 1 N–H and O–H groups in total. The van der Waals surface area contributed by atoms with Gasteiger partial charge in [0, 0.05) is 38.3 Å². The van der Waals surface area contributed by atoms with Crippen LogP contribution in [0.3, 0.4) is 0 Å². The number of ether oxygens (including phenoxy) is 1. The Morgan fingerprint density at radius 2 is 1.86 bits per heavy atom. The molecular formula is C18H26N2O. The maximum Gasteiger partial charge on any atom is 0.123 e. The standard InChI is InChI=1S/C18H26N2O/c1-5-10-19-14-17-9-8-16(13-18(17)21-4)15-20(11-6-2)12-7-3/h5-9,13,19H,1-3,10-12,14-15H2,4H3. The summed E-state index contributed by atoms with van der Waals surface area (Å²) < 4.78 is 5.49. The van der Waals surface area contributed by atoms with Crippen LogP contribution < -0.4 is 10.1 Å². The van der Waals surface area contributed by atoms with Crippen molar-refractivity contribution in [3.05, 3.63) is 67.3 Å². The number of hydrogen-bond acceptors (Lipinski definition) is 3. The maximum atomic E-state index is 5.49. The first-order valence-electron chi connectivity index (χ1n) is 7.16. The van der Waals surface area contributed by atoms with Crippen LogP contribution >= 0.6 is 0 Å². The van der Waals surface area contributed by atoms with Gasteiger partial charge in [-0.2, -0.15) is 0 Å². The van der Waals surface area contributed by atoms with Crippen LogP contribution in [0.2, 0.25) is 0 Å². The van der Waals surface area contributed by atoms with Crippen LogP contribution in [0.15, 0.2) is 56.2 Å². The van der Waals surface area contributed by atoms with Gasteiger partial charge in [-0.25, -0.2) is 0 Å². The van der Waals surface area contributed by atoms with E-state index in [0.717, 1.165) is 44.0 Å². The Morgan fingerprint density at radius 1 is 1.14 bits per heavy atom. The van der Waals surface area contributed by atoms with E-state index in [9.17, 15) is 0 Å². The summed E-state index contributed by atoms with van der Waals surface area (Å²) >= 11 is 0. The van der Waals surface area contributed by atoms with E-state index < -0.39 is 0 Å². The van der Waals surface area contributed by atoms with Gasteiger partial charge >= 0.3 is 0 Å². The van der Waals surface area contributed by atoms with E-state index in [0.29, 0.717) is 0 Å². The largest absolute Gasteiger partial charge is 0.496 e. The molecule has 1 aromatic rings. The molecule has 0 saturated carbocycles. The van der Waals surface area contributed by atoms with Crippen molar-refractivity contribution in [1.82, 2.24) is 10.2 Å². The lowest BCUT2D eigenvalue weighted by molar-refractivity contribution is 0.326. The summed E-state index contributed by atoms with van der Waals surface area (Å²) in [6, 6.07) is 6.36. The zero-order valence-electron chi connectivity index (χ0n) is 13.0. The average molecular weight is 286 g/mol. The number of nitrogens with one attached hydrogen (secondary N) is 1. The van der Waals surface area contributed by atoms with Crippen molar-refractivity contribution in [2.45, 2.75) is 13.1 Å². The van der Waals surface area contributed by atoms with Gasteiger partial charge in [0.2, 0.25) is 0 Å². The molecule has 0 atom stereocenters. The van der Waals surface area contributed by atoms with Gasteiger partial charge in [0.15, 0.2) is 0 Å². The van der Waals surface area contributed by atoms with Gasteiger partial charge in [-0.1, -0.05) is 30.4 Å². The van der Waals surface area contributed by atoms with Gasteiger partial charge in [-0.05, 0) is 11.6 Å². The lowest BCUT2D eigenvalue weighted by atomic mass is 10.1. The van der Waals surface area contributed by atoms with Gasteiger partial charge < -0.3 is 10.1 Å². The SMILES string of the molecule is C=CCNCc1ccc(CN(CC=C)CC=C)cc1OC. The van der Waals surface area contributed by atoms with E-state index in [1.165, 1.54) is 5.56 Å². The fourth-order valence-electron chi connectivity index (χ4n) is 2.17. The number of rotatable bonds is 11. The molecule has 1 aromatic carbocycles. The van der Waals surface area contributed by atoms with Crippen LogP contribution in [0.4, 0.5) is 0 Å². The molecule has 3 heteroatoms. The summed E-state index contributed by atoms with van der Waals surface area (Å²) in [5.74, 6) is 0.918. The second-order valence-corrected chi connectivity index (χ2v) is 4.84. The predicted octanol–water partition coefficient (Wildman–Crippen LogP) is 3.14. The number of hydrogen-bond donors (Lipinski definition) is 1. The summed E-state index contributed by atoms with van der Waals surface area (Å²) in [4.78, 5) is 2.27. The molecule has 0 unspecified atom stereocenters. The summed E-state index contributed by atoms with van der Waals surface area (Å²) in [6.07, 6.45) is 5.67. The predicted molar refractivity (Wildman–Crippen MR) is 90.6 cm³/mol. The first-order chi connectivity index (χ1) is 10.2. The van der Waals surface area contributed by atoms with Crippen molar-refractivity contribution >= 4 is 0 Å². The Morgan fingerprint density at radius 3 is 2.43 bits per heavy atom. The molecule has 21 heavy (non-hydrogen) atoms. The van der Waals surface area contributed by atoms with Crippen molar-refractivity contribution in [3.8, 4) is 5.75 Å². The molecule has 114 valence electrons. The van der Waals surface area contributed by atoms with Gasteiger partial charge in [0.25, 0.3) is 0 Å². The summed E-state index contributed by atoms with van der Waals surface area (Å²) in [6.45, 7) is 15.4. The highest BCUT2D eigenvalue weighted by molar-refractivity contribution is 5.37. The molecule has 1 rings (SSSR count). The summed E-state index contributed by atoms with van der Waals surface area (Å²) in [5, 5.41) is 3.29. The molecular weight excluding hydrogens is 260 g/mol. The monoisotopic (exact) mass is 286 g/mol. The highest BCUT2D eigenvalue weighted by atomic mass is 16.5. The third kappa shape index (κ3) is 5.98. The van der Waals surface area contributed by atoms with Crippen LogP contribution in [0.25, 0.3) is 0 Å². The van der Waals surface area contributed by atoms with Crippen LogP contribution in [0, 0.1) is 0 Å². The second-order valence-electron chi connectivity index (χ2n) is 4.84. The van der Waals surface area contributed by atoms with Gasteiger partial charge in [-0.3, -0.25) is 4.90 Å². The Balaban J connectivity index is 2.77. The molecule has 0 aliphatic heterocycles. The molecule has 3 nitrogen and oxygen atoms in total. The van der Waals surface area contributed by atoms with E-state index in [4.69, 9.17) is 4.74 Å². The third-order valence-corrected chi connectivity index (χ3v) is 3.14.